The minimum absolute atomic E-state index is 0.0451. The summed E-state index contributed by atoms with van der Waals surface area (Å²) in [4.78, 5) is 14.1. The average Bonchev–Trinajstić information content (AvgIpc) is 2.52. The number of carbonyl (C=O) groups excluding carboxylic acids is 1. The molecule has 1 aromatic carbocycles. The topological polar surface area (TPSA) is 53.6 Å². The summed E-state index contributed by atoms with van der Waals surface area (Å²) in [6.45, 7) is 7.11. The molecule has 1 fully saturated rings. The third-order valence-electron chi connectivity index (χ3n) is 3.33. The molecular formula is C15H23N3O2. The first-order valence-corrected chi connectivity index (χ1v) is 7.20. The summed E-state index contributed by atoms with van der Waals surface area (Å²) in [5.74, 6) is -0.0451. The minimum atomic E-state index is -0.0451. The van der Waals surface area contributed by atoms with Crippen LogP contribution >= 0.6 is 0 Å². The van der Waals surface area contributed by atoms with Crippen LogP contribution in [0.25, 0.3) is 0 Å². The van der Waals surface area contributed by atoms with E-state index < -0.39 is 0 Å². The standard InChI is InChI=1S/C15H23N3O2/c19-15(14-4-2-1-3-5-14)17-8-12-20-13-11-18-9-6-16-7-10-18/h1-5,16H,6-13H2,(H,17,19). The Hall–Kier alpha value is -1.43. The van der Waals surface area contributed by atoms with E-state index >= 15 is 0 Å². The van der Waals surface area contributed by atoms with Crippen LogP contribution in [0.4, 0.5) is 0 Å². The zero-order chi connectivity index (χ0) is 14.0. The second-order valence-electron chi connectivity index (χ2n) is 4.83. The third-order valence-corrected chi connectivity index (χ3v) is 3.33. The van der Waals surface area contributed by atoms with Gasteiger partial charge in [0.1, 0.15) is 0 Å². The van der Waals surface area contributed by atoms with E-state index in [0.717, 1.165) is 39.3 Å². The summed E-state index contributed by atoms with van der Waals surface area (Å²) < 4.78 is 5.55. The molecule has 1 saturated heterocycles. The maximum Gasteiger partial charge on any atom is 0.251 e. The van der Waals surface area contributed by atoms with E-state index in [9.17, 15) is 4.79 Å². The highest BCUT2D eigenvalue weighted by Gasteiger charge is 2.08. The van der Waals surface area contributed by atoms with Gasteiger partial charge in [0.25, 0.3) is 5.91 Å². The number of piperazine rings is 1. The normalized spacial score (nSPS) is 16.0. The van der Waals surface area contributed by atoms with Crippen molar-refractivity contribution in [3.63, 3.8) is 0 Å². The molecular weight excluding hydrogens is 254 g/mol. The van der Waals surface area contributed by atoms with E-state index in [1.54, 1.807) is 12.1 Å². The van der Waals surface area contributed by atoms with Gasteiger partial charge in [-0.2, -0.15) is 0 Å². The third kappa shape index (κ3) is 5.28. The summed E-state index contributed by atoms with van der Waals surface area (Å²) in [6, 6.07) is 9.23. The molecule has 20 heavy (non-hydrogen) atoms. The zero-order valence-electron chi connectivity index (χ0n) is 11.8. The number of rotatable bonds is 7. The summed E-state index contributed by atoms with van der Waals surface area (Å²) in [7, 11) is 0. The maximum absolute atomic E-state index is 11.7. The fourth-order valence-corrected chi connectivity index (χ4v) is 2.16. The molecule has 2 rings (SSSR count). The van der Waals surface area contributed by atoms with Gasteiger partial charge in [0.2, 0.25) is 0 Å². The van der Waals surface area contributed by atoms with Crippen LogP contribution in [0.2, 0.25) is 0 Å². The number of nitrogens with one attached hydrogen (secondary N) is 2. The Labute approximate surface area is 120 Å². The SMILES string of the molecule is O=C(NCCOCCN1CCNCC1)c1ccccc1. The van der Waals surface area contributed by atoms with Gasteiger partial charge in [-0.25, -0.2) is 0 Å². The molecule has 1 aromatic rings. The molecule has 0 atom stereocenters. The van der Waals surface area contributed by atoms with E-state index in [0.29, 0.717) is 18.7 Å². The highest BCUT2D eigenvalue weighted by Crippen LogP contribution is 1.97. The molecule has 1 amide bonds. The van der Waals surface area contributed by atoms with Crippen LogP contribution in [0.15, 0.2) is 30.3 Å². The minimum Gasteiger partial charge on any atom is -0.378 e. The molecule has 0 radical (unpaired) electrons. The second-order valence-corrected chi connectivity index (χ2v) is 4.83. The monoisotopic (exact) mass is 277 g/mol. The van der Waals surface area contributed by atoms with Gasteiger partial charge >= 0.3 is 0 Å². The van der Waals surface area contributed by atoms with E-state index in [1.165, 1.54) is 0 Å². The van der Waals surface area contributed by atoms with Crippen molar-refractivity contribution in [2.24, 2.45) is 0 Å². The number of amides is 1. The van der Waals surface area contributed by atoms with Crippen molar-refractivity contribution in [3.8, 4) is 0 Å². The van der Waals surface area contributed by atoms with Gasteiger partial charge in [-0.1, -0.05) is 18.2 Å². The van der Waals surface area contributed by atoms with Crippen LogP contribution in [0.5, 0.6) is 0 Å². The predicted octanol–water partition coefficient (Wildman–Crippen LogP) is 0.338. The highest BCUT2D eigenvalue weighted by atomic mass is 16.5. The fraction of sp³-hybridized carbons (Fsp3) is 0.533. The first-order chi connectivity index (χ1) is 9.86. The van der Waals surface area contributed by atoms with E-state index in [-0.39, 0.29) is 5.91 Å². The molecule has 1 heterocycles. The molecule has 1 aliphatic heterocycles. The summed E-state index contributed by atoms with van der Waals surface area (Å²) in [5, 5.41) is 6.17. The lowest BCUT2D eigenvalue weighted by atomic mass is 10.2. The zero-order valence-corrected chi connectivity index (χ0v) is 11.8. The van der Waals surface area contributed by atoms with Gasteiger partial charge in [-0.05, 0) is 12.1 Å². The second kappa shape index (κ2) is 8.68. The molecule has 0 aromatic heterocycles. The number of benzene rings is 1. The number of hydrogen-bond acceptors (Lipinski definition) is 4. The van der Waals surface area contributed by atoms with E-state index in [4.69, 9.17) is 4.74 Å². The van der Waals surface area contributed by atoms with Crippen molar-refractivity contribution >= 4 is 5.91 Å². The van der Waals surface area contributed by atoms with Gasteiger partial charge in [-0.3, -0.25) is 9.69 Å². The first-order valence-electron chi connectivity index (χ1n) is 7.20. The van der Waals surface area contributed by atoms with Crippen LogP contribution < -0.4 is 10.6 Å². The number of ether oxygens (including phenoxy) is 1. The van der Waals surface area contributed by atoms with Crippen LogP contribution in [-0.4, -0.2) is 63.3 Å². The summed E-state index contributed by atoms with van der Waals surface area (Å²) in [5.41, 5.74) is 0.688. The highest BCUT2D eigenvalue weighted by molar-refractivity contribution is 5.94. The fourth-order valence-electron chi connectivity index (χ4n) is 2.16. The number of nitrogens with zero attached hydrogens (tertiary/aromatic N) is 1. The number of hydrogen-bond donors (Lipinski definition) is 2. The molecule has 2 N–H and O–H groups in total. The first kappa shape index (κ1) is 15.0. The molecule has 0 aliphatic carbocycles. The van der Waals surface area contributed by atoms with Gasteiger partial charge in [0, 0.05) is 44.8 Å². The van der Waals surface area contributed by atoms with Gasteiger partial charge in [0.05, 0.1) is 13.2 Å². The van der Waals surface area contributed by atoms with E-state index in [2.05, 4.69) is 15.5 Å². The van der Waals surface area contributed by atoms with Crippen molar-refractivity contribution in [1.82, 2.24) is 15.5 Å². The average molecular weight is 277 g/mol. The van der Waals surface area contributed by atoms with Crippen LogP contribution in [0.1, 0.15) is 10.4 Å². The van der Waals surface area contributed by atoms with Gasteiger partial charge in [0.15, 0.2) is 0 Å². The Kier molecular flexibility index (Phi) is 6.50. The predicted molar refractivity (Wildman–Crippen MR) is 78.9 cm³/mol. The molecule has 0 unspecified atom stereocenters. The lowest BCUT2D eigenvalue weighted by Crippen LogP contribution is -2.44. The Bertz CT molecular complexity index is 391. The molecule has 0 bridgehead atoms. The molecule has 0 saturated carbocycles. The van der Waals surface area contributed by atoms with E-state index in [1.807, 2.05) is 18.2 Å². The Morgan fingerprint density at radius 1 is 1.20 bits per heavy atom. The van der Waals surface area contributed by atoms with Gasteiger partial charge < -0.3 is 15.4 Å². The molecule has 0 spiro atoms. The summed E-state index contributed by atoms with van der Waals surface area (Å²) >= 11 is 0. The van der Waals surface area contributed by atoms with Crippen molar-refractivity contribution < 1.29 is 9.53 Å². The van der Waals surface area contributed by atoms with Crippen molar-refractivity contribution in [2.75, 3.05) is 52.5 Å². The van der Waals surface area contributed by atoms with Crippen molar-refractivity contribution in [1.29, 1.82) is 0 Å². The lowest BCUT2D eigenvalue weighted by molar-refractivity contribution is 0.0865. The largest absolute Gasteiger partial charge is 0.378 e. The lowest BCUT2D eigenvalue weighted by Gasteiger charge is -2.26. The molecule has 1 aliphatic rings. The Balaban J connectivity index is 1.50. The molecule has 5 nitrogen and oxygen atoms in total. The van der Waals surface area contributed by atoms with Crippen LogP contribution in [-0.2, 0) is 4.74 Å². The summed E-state index contributed by atoms with van der Waals surface area (Å²) in [6.07, 6.45) is 0. The smallest absolute Gasteiger partial charge is 0.251 e. The molecule has 110 valence electrons. The quantitative estimate of drug-likeness (QED) is 0.706. The van der Waals surface area contributed by atoms with Crippen LogP contribution in [0.3, 0.4) is 0 Å². The maximum atomic E-state index is 11.7. The molecule has 5 heteroatoms. The van der Waals surface area contributed by atoms with Crippen LogP contribution in [0, 0.1) is 0 Å². The Morgan fingerprint density at radius 2 is 1.95 bits per heavy atom. The van der Waals surface area contributed by atoms with Crippen molar-refractivity contribution in [3.05, 3.63) is 35.9 Å². The van der Waals surface area contributed by atoms with Gasteiger partial charge in [-0.15, -0.1) is 0 Å². The van der Waals surface area contributed by atoms with Crippen molar-refractivity contribution in [2.45, 2.75) is 0 Å². The Morgan fingerprint density at radius 3 is 2.70 bits per heavy atom. The number of carbonyl (C=O) groups is 1.